The Morgan fingerprint density at radius 3 is 2.59 bits per heavy atom. The van der Waals surface area contributed by atoms with Crippen molar-refractivity contribution in [1.29, 1.82) is 5.41 Å². The predicted molar refractivity (Wildman–Crippen MR) is 141 cm³/mol. The van der Waals surface area contributed by atoms with Crippen LogP contribution in [0.3, 0.4) is 0 Å². The van der Waals surface area contributed by atoms with Gasteiger partial charge in [0.2, 0.25) is 5.95 Å². The standard InChI is InChI=1S/C26H31N7O4/c1-2-13-36-26(34)33-12-14-35-16-18(15-33)30-24-21(23(28)31-25(29)32-24)22(27)17-8-10-20(11-9-17)37-19-6-4-3-5-7-19/h3-11,18,27H,2,12-16H2,1H3,(H5,28,29,30,31,32). The number of para-hydroxylation sites is 1. The summed E-state index contributed by atoms with van der Waals surface area (Å²) in [4.78, 5) is 22.4. The van der Waals surface area contributed by atoms with E-state index in [9.17, 15) is 4.79 Å². The van der Waals surface area contributed by atoms with Gasteiger partial charge < -0.3 is 35.9 Å². The third kappa shape index (κ3) is 6.64. The molecular weight excluding hydrogens is 474 g/mol. The molecule has 1 atom stereocenters. The summed E-state index contributed by atoms with van der Waals surface area (Å²) in [5, 5.41) is 12.1. The molecule has 2 heterocycles. The van der Waals surface area contributed by atoms with Gasteiger partial charge in [-0.2, -0.15) is 9.97 Å². The zero-order valence-electron chi connectivity index (χ0n) is 20.6. The Morgan fingerprint density at radius 1 is 1.14 bits per heavy atom. The molecule has 6 N–H and O–H groups in total. The van der Waals surface area contributed by atoms with Crippen molar-refractivity contribution in [3.05, 3.63) is 65.7 Å². The molecule has 1 saturated heterocycles. The summed E-state index contributed by atoms with van der Waals surface area (Å²) in [5.74, 6) is 1.67. The fourth-order valence-electron chi connectivity index (χ4n) is 3.84. The maximum Gasteiger partial charge on any atom is 0.409 e. The van der Waals surface area contributed by atoms with Crippen LogP contribution in [0.2, 0.25) is 0 Å². The first kappa shape index (κ1) is 25.7. The molecular formula is C26H31N7O4. The van der Waals surface area contributed by atoms with E-state index >= 15 is 0 Å². The van der Waals surface area contributed by atoms with Gasteiger partial charge in [-0.25, -0.2) is 4.79 Å². The lowest BCUT2D eigenvalue weighted by atomic mass is 10.0. The SMILES string of the molecule is CCCOC(=O)N1CCOCC(Nc2nc(N)nc(N)c2C(=N)c2ccc(Oc3ccccc3)cc2)C1. The van der Waals surface area contributed by atoms with Crippen LogP contribution in [0.4, 0.5) is 22.4 Å². The van der Waals surface area contributed by atoms with Crippen LogP contribution in [-0.4, -0.2) is 65.6 Å². The number of nitrogens with one attached hydrogen (secondary N) is 2. The molecule has 2 aromatic carbocycles. The van der Waals surface area contributed by atoms with Crippen LogP contribution in [0, 0.1) is 5.41 Å². The molecule has 4 rings (SSSR count). The number of benzene rings is 2. The molecule has 0 spiro atoms. The molecule has 11 nitrogen and oxygen atoms in total. The second-order valence-corrected chi connectivity index (χ2v) is 8.48. The lowest BCUT2D eigenvalue weighted by Gasteiger charge is -2.25. The lowest BCUT2D eigenvalue weighted by molar-refractivity contribution is 0.0971. The van der Waals surface area contributed by atoms with Crippen LogP contribution in [-0.2, 0) is 9.47 Å². The minimum atomic E-state index is -0.397. The highest BCUT2D eigenvalue weighted by molar-refractivity contribution is 6.16. The number of amides is 1. The van der Waals surface area contributed by atoms with Crippen molar-refractivity contribution in [2.75, 3.05) is 49.7 Å². The van der Waals surface area contributed by atoms with Gasteiger partial charge in [-0.3, -0.25) is 5.41 Å². The molecule has 0 aliphatic carbocycles. The highest BCUT2D eigenvalue weighted by atomic mass is 16.6. The Labute approximate surface area is 215 Å². The average molecular weight is 506 g/mol. The van der Waals surface area contributed by atoms with Crippen LogP contribution >= 0.6 is 0 Å². The average Bonchev–Trinajstić information content (AvgIpc) is 3.13. The number of aromatic nitrogens is 2. The molecule has 37 heavy (non-hydrogen) atoms. The number of nitrogens with zero attached hydrogens (tertiary/aromatic N) is 3. The Kier molecular flexibility index (Phi) is 8.37. The molecule has 11 heteroatoms. The van der Waals surface area contributed by atoms with E-state index in [4.69, 9.17) is 31.1 Å². The monoisotopic (exact) mass is 505 g/mol. The Hall–Kier alpha value is -4.38. The summed E-state index contributed by atoms with van der Waals surface area (Å²) >= 11 is 0. The minimum Gasteiger partial charge on any atom is -0.457 e. The first-order chi connectivity index (χ1) is 17.9. The molecule has 194 valence electrons. The molecule has 1 aliphatic heterocycles. The molecule has 1 unspecified atom stereocenters. The largest absolute Gasteiger partial charge is 0.457 e. The van der Waals surface area contributed by atoms with Gasteiger partial charge in [0.15, 0.2) is 0 Å². The molecule has 1 fully saturated rings. The fourth-order valence-corrected chi connectivity index (χ4v) is 3.84. The van der Waals surface area contributed by atoms with Gasteiger partial charge in [-0.1, -0.05) is 25.1 Å². The second-order valence-electron chi connectivity index (χ2n) is 8.48. The summed E-state index contributed by atoms with van der Waals surface area (Å²) in [7, 11) is 0. The number of nitrogen functional groups attached to an aromatic ring is 2. The maximum atomic E-state index is 12.4. The topological polar surface area (TPSA) is 162 Å². The van der Waals surface area contributed by atoms with E-state index in [1.165, 1.54) is 0 Å². The lowest BCUT2D eigenvalue weighted by Crippen LogP contribution is -2.41. The van der Waals surface area contributed by atoms with Gasteiger partial charge in [0.1, 0.15) is 23.1 Å². The normalized spacial score (nSPS) is 15.5. The highest BCUT2D eigenvalue weighted by Crippen LogP contribution is 2.27. The quantitative estimate of drug-likeness (QED) is 0.336. The van der Waals surface area contributed by atoms with Gasteiger partial charge in [0.05, 0.1) is 37.1 Å². The third-order valence-corrected chi connectivity index (χ3v) is 5.62. The van der Waals surface area contributed by atoms with Gasteiger partial charge in [-0.15, -0.1) is 0 Å². The number of rotatable bonds is 8. The van der Waals surface area contributed by atoms with E-state index < -0.39 is 6.09 Å². The molecule has 1 aliphatic rings. The van der Waals surface area contributed by atoms with E-state index in [2.05, 4.69) is 15.3 Å². The van der Waals surface area contributed by atoms with Crippen molar-refractivity contribution in [2.45, 2.75) is 19.4 Å². The maximum absolute atomic E-state index is 12.4. The first-order valence-corrected chi connectivity index (χ1v) is 12.1. The number of carbonyl (C=O) groups excluding carboxylic acids is 1. The molecule has 1 amide bonds. The molecule has 3 aromatic rings. The van der Waals surface area contributed by atoms with E-state index in [1.54, 1.807) is 29.2 Å². The summed E-state index contributed by atoms with van der Waals surface area (Å²) in [6, 6.07) is 16.2. The molecule has 0 saturated carbocycles. The smallest absolute Gasteiger partial charge is 0.409 e. The summed E-state index contributed by atoms with van der Waals surface area (Å²) < 4.78 is 16.8. The van der Waals surface area contributed by atoms with Crippen molar-refractivity contribution in [3.63, 3.8) is 0 Å². The predicted octanol–water partition coefficient (Wildman–Crippen LogP) is 3.51. The second kappa shape index (κ2) is 12.0. The van der Waals surface area contributed by atoms with Gasteiger partial charge in [-0.05, 0) is 42.8 Å². The Bertz CT molecular complexity index is 1220. The van der Waals surface area contributed by atoms with Crippen LogP contribution in [0.15, 0.2) is 54.6 Å². The molecule has 1 aromatic heterocycles. The van der Waals surface area contributed by atoms with E-state index in [0.29, 0.717) is 55.5 Å². The molecule has 0 bridgehead atoms. The highest BCUT2D eigenvalue weighted by Gasteiger charge is 2.26. The Balaban J connectivity index is 1.53. The third-order valence-electron chi connectivity index (χ3n) is 5.62. The van der Waals surface area contributed by atoms with Crippen molar-refractivity contribution in [3.8, 4) is 11.5 Å². The zero-order chi connectivity index (χ0) is 26.2. The van der Waals surface area contributed by atoms with Gasteiger partial charge >= 0.3 is 6.09 Å². The van der Waals surface area contributed by atoms with E-state index in [0.717, 1.165) is 6.42 Å². The number of hydrogen-bond acceptors (Lipinski definition) is 10. The van der Waals surface area contributed by atoms with Gasteiger partial charge in [0.25, 0.3) is 0 Å². The van der Waals surface area contributed by atoms with Crippen LogP contribution in [0.25, 0.3) is 0 Å². The summed E-state index contributed by atoms with van der Waals surface area (Å²) in [5.41, 5.74) is 13.1. The number of carbonyl (C=O) groups is 1. The van der Waals surface area contributed by atoms with Crippen molar-refractivity contribution in [2.24, 2.45) is 0 Å². The first-order valence-electron chi connectivity index (χ1n) is 12.1. The minimum absolute atomic E-state index is 0.0306. The zero-order valence-corrected chi connectivity index (χ0v) is 20.6. The molecule has 0 radical (unpaired) electrons. The van der Waals surface area contributed by atoms with Crippen LogP contribution in [0.1, 0.15) is 24.5 Å². The number of hydrogen-bond donors (Lipinski definition) is 4. The van der Waals surface area contributed by atoms with Crippen molar-refractivity contribution in [1.82, 2.24) is 14.9 Å². The van der Waals surface area contributed by atoms with Crippen molar-refractivity contribution >= 4 is 29.4 Å². The number of nitrogens with two attached hydrogens (primary N) is 2. The van der Waals surface area contributed by atoms with E-state index in [1.807, 2.05) is 37.3 Å². The number of anilines is 3. The number of ether oxygens (including phenoxy) is 3. The van der Waals surface area contributed by atoms with E-state index in [-0.39, 0.29) is 29.3 Å². The fraction of sp³-hybridized carbons (Fsp3) is 0.308. The van der Waals surface area contributed by atoms with Crippen LogP contribution in [0.5, 0.6) is 11.5 Å². The van der Waals surface area contributed by atoms with Crippen molar-refractivity contribution < 1.29 is 19.0 Å². The Morgan fingerprint density at radius 2 is 1.86 bits per heavy atom. The van der Waals surface area contributed by atoms with Gasteiger partial charge in [0, 0.05) is 18.7 Å². The van der Waals surface area contributed by atoms with Crippen LogP contribution < -0.4 is 21.5 Å². The summed E-state index contributed by atoms with van der Waals surface area (Å²) in [6.07, 6.45) is 0.342. The summed E-state index contributed by atoms with van der Waals surface area (Å²) in [6.45, 7) is 3.73.